The zero-order valence-electron chi connectivity index (χ0n) is 8.36. The molecule has 1 aromatic rings. The van der Waals surface area contributed by atoms with E-state index in [0.717, 1.165) is 5.69 Å². The summed E-state index contributed by atoms with van der Waals surface area (Å²) in [4.78, 5) is 0. The van der Waals surface area contributed by atoms with E-state index in [1.54, 1.807) is 17.8 Å². The molecule has 80 valence electrons. The molecule has 0 aromatic carbocycles. The summed E-state index contributed by atoms with van der Waals surface area (Å²) in [7, 11) is 3.41. The van der Waals surface area contributed by atoms with Gasteiger partial charge in [0.15, 0.2) is 0 Å². The van der Waals surface area contributed by atoms with E-state index in [2.05, 4.69) is 5.10 Å². The van der Waals surface area contributed by atoms with E-state index in [1.165, 1.54) is 0 Å². The monoisotopic (exact) mass is 236 g/mol. The van der Waals surface area contributed by atoms with Crippen molar-refractivity contribution in [1.82, 2.24) is 9.78 Å². The van der Waals surface area contributed by atoms with Crippen molar-refractivity contribution in [1.29, 1.82) is 0 Å². The average Bonchev–Trinajstić information content (AvgIpc) is 2.26. The molecule has 0 aliphatic heterocycles. The fourth-order valence-corrected chi connectivity index (χ4v) is 2.16. The molecule has 14 heavy (non-hydrogen) atoms. The maximum Gasteiger partial charge on any atom is 0.238 e. The average molecular weight is 237 g/mol. The largest absolute Gasteiger partial charge is 0.272 e. The van der Waals surface area contributed by atoms with Crippen LogP contribution < -0.4 is 0 Å². The van der Waals surface area contributed by atoms with Gasteiger partial charge in [-0.1, -0.05) is 13.8 Å². The topological polar surface area (TPSA) is 52.0 Å². The molecule has 1 aromatic heterocycles. The summed E-state index contributed by atoms with van der Waals surface area (Å²) in [6.07, 6.45) is 0. The number of hydrogen-bond acceptors (Lipinski definition) is 3. The molecule has 1 rings (SSSR count). The Kier molecular flexibility index (Phi) is 3.21. The van der Waals surface area contributed by atoms with E-state index in [4.69, 9.17) is 10.7 Å². The molecule has 0 aliphatic carbocycles. The predicted molar refractivity (Wildman–Crippen MR) is 55.8 cm³/mol. The molecule has 0 unspecified atom stereocenters. The highest BCUT2D eigenvalue weighted by atomic mass is 35.7. The van der Waals surface area contributed by atoms with Crippen LogP contribution in [0.15, 0.2) is 6.07 Å². The second-order valence-corrected chi connectivity index (χ2v) is 6.30. The molecule has 0 aliphatic rings. The van der Waals surface area contributed by atoms with E-state index in [-0.39, 0.29) is 5.75 Å². The van der Waals surface area contributed by atoms with Crippen molar-refractivity contribution < 1.29 is 8.42 Å². The molecule has 0 saturated heterocycles. The SMILES string of the molecule is CC(C)c1cc(CS(=O)(=O)Cl)nn1C. The van der Waals surface area contributed by atoms with Gasteiger partial charge < -0.3 is 0 Å². The molecular formula is C8H13ClN2O2S. The number of hydrogen-bond donors (Lipinski definition) is 0. The number of nitrogens with zero attached hydrogens (tertiary/aromatic N) is 2. The number of halogens is 1. The fourth-order valence-electron chi connectivity index (χ4n) is 1.33. The van der Waals surface area contributed by atoms with Gasteiger partial charge in [-0.25, -0.2) is 8.42 Å². The lowest BCUT2D eigenvalue weighted by Gasteiger charge is -2.02. The molecule has 0 atom stereocenters. The summed E-state index contributed by atoms with van der Waals surface area (Å²) in [6, 6.07) is 1.77. The molecule has 0 saturated carbocycles. The van der Waals surface area contributed by atoms with Crippen LogP contribution in [-0.4, -0.2) is 18.2 Å². The molecular weight excluding hydrogens is 224 g/mol. The molecule has 0 radical (unpaired) electrons. The van der Waals surface area contributed by atoms with Crippen LogP contribution in [0.5, 0.6) is 0 Å². The minimum atomic E-state index is -3.51. The first-order chi connectivity index (χ1) is 6.29. The smallest absolute Gasteiger partial charge is 0.238 e. The van der Waals surface area contributed by atoms with E-state index < -0.39 is 9.05 Å². The van der Waals surface area contributed by atoms with E-state index in [9.17, 15) is 8.42 Å². The van der Waals surface area contributed by atoms with Gasteiger partial charge in [0.05, 0.1) is 5.69 Å². The third-order valence-electron chi connectivity index (χ3n) is 1.88. The van der Waals surface area contributed by atoms with E-state index >= 15 is 0 Å². The minimum Gasteiger partial charge on any atom is -0.272 e. The maximum absolute atomic E-state index is 10.8. The second-order valence-electron chi connectivity index (χ2n) is 3.52. The normalized spacial score (nSPS) is 12.4. The number of aromatic nitrogens is 2. The summed E-state index contributed by atoms with van der Waals surface area (Å²) in [5.41, 5.74) is 1.49. The highest BCUT2D eigenvalue weighted by Gasteiger charge is 2.13. The molecule has 0 N–H and O–H groups in total. The van der Waals surface area contributed by atoms with Crippen molar-refractivity contribution in [2.24, 2.45) is 7.05 Å². The Morgan fingerprint density at radius 2 is 2.14 bits per heavy atom. The number of aryl methyl sites for hydroxylation is 1. The summed E-state index contributed by atoms with van der Waals surface area (Å²) >= 11 is 0. The lowest BCUT2D eigenvalue weighted by atomic mass is 10.1. The van der Waals surface area contributed by atoms with E-state index in [0.29, 0.717) is 11.6 Å². The molecule has 0 spiro atoms. The summed E-state index contributed by atoms with van der Waals surface area (Å²) in [5, 5.41) is 4.07. The summed E-state index contributed by atoms with van der Waals surface area (Å²) in [6.45, 7) is 4.05. The van der Waals surface area contributed by atoms with Crippen LogP contribution in [-0.2, 0) is 21.9 Å². The highest BCUT2D eigenvalue weighted by molar-refractivity contribution is 8.13. The third kappa shape index (κ3) is 2.99. The van der Waals surface area contributed by atoms with Gasteiger partial charge in [-0.3, -0.25) is 4.68 Å². The van der Waals surface area contributed by atoms with Crippen LogP contribution in [0.3, 0.4) is 0 Å². The molecule has 0 amide bonds. The highest BCUT2D eigenvalue weighted by Crippen LogP contribution is 2.16. The molecule has 6 heteroatoms. The van der Waals surface area contributed by atoms with Crippen molar-refractivity contribution in [2.75, 3.05) is 0 Å². The van der Waals surface area contributed by atoms with Gasteiger partial charge in [-0.05, 0) is 12.0 Å². The number of rotatable bonds is 3. The molecule has 0 bridgehead atoms. The Bertz CT molecular complexity index is 423. The first-order valence-electron chi connectivity index (χ1n) is 4.25. The minimum absolute atomic E-state index is 0.213. The standard InChI is InChI=1S/C8H13ClN2O2S/c1-6(2)8-4-7(10-11(8)3)5-14(9,12)13/h4,6H,5H2,1-3H3. The Morgan fingerprint density at radius 1 is 1.57 bits per heavy atom. The van der Waals surface area contributed by atoms with Crippen LogP contribution in [0.25, 0.3) is 0 Å². The summed E-state index contributed by atoms with van der Waals surface area (Å²) < 4.78 is 23.3. The maximum atomic E-state index is 10.8. The Morgan fingerprint density at radius 3 is 2.50 bits per heavy atom. The van der Waals surface area contributed by atoms with E-state index in [1.807, 2.05) is 13.8 Å². The summed E-state index contributed by atoms with van der Waals surface area (Å²) in [5.74, 6) is 0.106. The Labute approximate surface area is 88.3 Å². The van der Waals surface area contributed by atoms with Crippen LogP contribution in [0.1, 0.15) is 31.2 Å². The first-order valence-corrected chi connectivity index (χ1v) is 6.72. The zero-order chi connectivity index (χ0) is 10.9. The van der Waals surface area contributed by atoms with Crippen molar-refractivity contribution in [3.63, 3.8) is 0 Å². The third-order valence-corrected chi connectivity index (χ3v) is 2.85. The van der Waals surface area contributed by atoms with Gasteiger partial charge in [-0.2, -0.15) is 5.10 Å². The molecule has 0 fully saturated rings. The molecule has 1 heterocycles. The van der Waals surface area contributed by atoms with Crippen molar-refractivity contribution in [3.8, 4) is 0 Å². The lowest BCUT2D eigenvalue weighted by molar-refractivity contribution is 0.607. The van der Waals surface area contributed by atoms with Gasteiger partial charge in [0.25, 0.3) is 0 Å². The fraction of sp³-hybridized carbons (Fsp3) is 0.625. The Balaban J connectivity index is 2.98. The first kappa shape index (κ1) is 11.5. The quantitative estimate of drug-likeness (QED) is 0.750. The van der Waals surface area contributed by atoms with Crippen LogP contribution in [0.4, 0.5) is 0 Å². The predicted octanol–water partition coefficient (Wildman–Crippen LogP) is 1.61. The van der Waals surface area contributed by atoms with Gasteiger partial charge in [0.2, 0.25) is 9.05 Å². The van der Waals surface area contributed by atoms with Crippen LogP contribution in [0, 0.1) is 0 Å². The molecule has 4 nitrogen and oxygen atoms in total. The van der Waals surface area contributed by atoms with Gasteiger partial charge in [0.1, 0.15) is 5.75 Å². The van der Waals surface area contributed by atoms with Crippen molar-refractivity contribution in [3.05, 3.63) is 17.5 Å². The van der Waals surface area contributed by atoms with Crippen molar-refractivity contribution in [2.45, 2.75) is 25.5 Å². The van der Waals surface area contributed by atoms with Gasteiger partial charge in [-0.15, -0.1) is 0 Å². The zero-order valence-corrected chi connectivity index (χ0v) is 9.93. The van der Waals surface area contributed by atoms with Gasteiger partial charge >= 0.3 is 0 Å². The van der Waals surface area contributed by atoms with Crippen LogP contribution >= 0.6 is 10.7 Å². The van der Waals surface area contributed by atoms with Crippen LogP contribution in [0.2, 0.25) is 0 Å². The Hall–Kier alpha value is -0.550. The van der Waals surface area contributed by atoms with Gasteiger partial charge in [0, 0.05) is 23.4 Å². The lowest BCUT2D eigenvalue weighted by Crippen LogP contribution is -2.00. The van der Waals surface area contributed by atoms with Crippen molar-refractivity contribution >= 4 is 19.7 Å². The second kappa shape index (κ2) is 3.90.